The molecule has 0 radical (unpaired) electrons. The average Bonchev–Trinajstić information content (AvgIpc) is 2.67. The van der Waals surface area contributed by atoms with Gasteiger partial charge in [-0.25, -0.2) is 0 Å². The topological polar surface area (TPSA) is 52.6 Å². The van der Waals surface area contributed by atoms with Crippen molar-refractivity contribution < 1.29 is 32.2 Å². The molecule has 0 saturated carbocycles. The van der Waals surface area contributed by atoms with Crippen LogP contribution in [0.3, 0.4) is 0 Å². The van der Waals surface area contributed by atoms with E-state index in [-0.39, 0.29) is 0 Å². The highest BCUT2D eigenvalue weighted by molar-refractivity contribution is 5.87. The second-order valence-electron chi connectivity index (χ2n) is 5.92. The summed E-state index contributed by atoms with van der Waals surface area (Å²) in [5, 5.41) is 0. The van der Waals surface area contributed by atoms with Gasteiger partial charge in [-0.15, -0.1) is 0 Å². The molecular weight excluding hydrogens is 361 g/mol. The maximum absolute atomic E-state index is 12.9. The van der Waals surface area contributed by atoms with Crippen molar-refractivity contribution in [1.82, 2.24) is 0 Å². The second kappa shape index (κ2) is 8.70. The minimum Gasteiger partial charge on any atom is -0.497 e. The third kappa shape index (κ3) is 5.09. The molecule has 0 saturated heterocycles. The van der Waals surface area contributed by atoms with Crippen LogP contribution in [-0.2, 0) is 14.3 Å². The number of carbonyl (C=O) groups is 2. The summed E-state index contributed by atoms with van der Waals surface area (Å²) in [6.45, 7) is 0. The van der Waals surface area contributed by atoms with Crippen molar-refractivity contribution in [2.24, 2.45) is 0 Å². The quantitative estimate of drug-likeness (QED) is 0.674. The summed E-state index contributed by atoms with van der Waals surface area (Å²) < 4.78 is 48.6. The van der Waals surface area contributed by atoms with Gasteiger partial charge in [0.1, 0.15) is 5.75 Å². The number of hydrogen-bond donors (Lipinski definition) is 0. The van der Waals surface area contributed by atoms with Crippen molar-refractivity contribution in [3.05, 3.63) is 65.7 Å². The van der Waals surface area contributed by atoms with Crippen LogP contribution < -0.4 is 4.74 Å². The highest BCUT2D eigenvalue weighted by Crippen LogP contribution is 2.39. The van der Waals surface area contributed by atoms with Crippen molar-refractivity contribution in [3.63, 3.8) is 0 Å². The summed E-state index contributed by atoms with van der Waals surface area (Å²) in [7, 11) is 2.63. The van der Waals surface area contributed by atoms with Crippen LogP contribution >= 0.6 is 0 Å². The lowest BCUT2D eigenvalue weighted by molar-refractivity contribution is -0.171. The molecule has 4 nitrogen and oxygen atoms in total. The van der Waals surface area contributed by atoms with E-state index in [1.165, 1.54) is 7.11 Å². The van der Waals surface area contributed by atoms with E-state index in [9.17, 15) is 22.8 Å². The van der Waals surface area contributed by atoms with Gasteiger partial charge in [-0.3, -0.25) is 9.59 Å². The fourth-order valence-corrected chi connectivity index (χ4v) is 2.91. The van der Waals surface area contributed by atoms with Crippen LogP contribution in [0.2, 0.25) is 0 Å². The van der Waals surface area contributed by atoms with Gasteiger partial charge < -0.3 is 9.47 Å². The molecule has 0 bridgehead atoms. The fraction of sp³-hybridized carbons (Fsp3) is 0.300. The number of methoxy groups -OCH3 is 2. The van der Waals surface area contributed by atoms with Crippen molar-refractivity contribution in [3.8, 4) is 5.75 Å². The molecule has 0 aliphatic heterocycles. The first-order chi connectivity index (χ1) is 12.8. The van der Waals surface area contributed by atoms with Crippen LogP contribution in [0, 0.1) is 0 Å². The van der Waals surface area contributed by atoms with Crippen LogP contribution in [0.15, 0.2) is 54.6 Å². The van der Waals surface area contributed by atoms with Gasteiger partial charge in [-0.05, 0) is 23.3 Å². The number of ketones is 1. The Morgan fingerprint density at radius 1 is 0.926 bits per heavy atom. The first-order valence-electron chi connectivity index (χ1n) is 8.14. The van der Waals surface area contributed by atoms with E-state index in [2.05, 4.69) is 0 Å². The molecule has 2 rings (SSSR count). The molecule has 0 N–H and O–H groups in total. The Labute approximate surface area is 154 Å². The Balaban J connectivity index is 2.52. The number of alkyl halides is 3. The maximum Gasteiger partial charge on any atom is 0.449 e. The molecule has 0 amide bonds. The monoisotopic (exact) mass is 380 g/mol. The predicted molar refractivity (Wildman–Crippen MR) is 92.6 cm³/mol. The normalized spacial score (nSPS) is 13.5. The molecular formula is C20H19F3O4. The number of Topliss-reactive ketones (excluding diaryl/α,β-unsaturated/α-hetero) is 1. The number of rotatable bonds is 7. The molecule has 0 aliphatic rings. The Kier molecular flexibility index (Phi) is 6.60. The van der Waals surface area contributed by atoms with Crippen LogP contribution in [0.5, 0.6) is 5.75 Å². The summed E-state index contributed by atoms with van der Waals surface area (Å²) >= 11 is 0. The summed E-state index contributed by atoms with van der Waals surface area (Å²) in [4.78, 5) is 24.2. The molecule has 0 heterocycles. The van der Waals surface area contributed by atoms with Crippen LogP contribution in [0.1, 0.15) is 29.4 Å². The second-order valence-corrected chi connectivity index (χ2v) is 5.92. The van der Waals surface area contributed by atoms with E-state index < -0.39 is 36.2 Å². The SMILES string of the molecule is COC(=O)[C@@H](c1ccc(OC)cc1)[C@@H](CC(=O)C(F)(F)F)c1ccccc1. The molecule has 0 aromatic heterocycles. The summed E-state index contributed by atoms with van der Waals surface area (Å²) in [6, 6.07) is 14.5. The van der Waals surface area contributed by atoms with E-state index in [4.69, 9.17) is 9.47 Å². The van der Waals surface area contributed by atoms with Crippen LogP contribution in [0.4, 0.5) is 13.2 Å². The van der Waals surface area contributed by atoms with Gasteiger partial charge in [0.25, 0.3) is 0 Å². The highest BCUT2D eigenvalue weighted by atomic mass is 19.4. The fourth-order valence-electron chi connectivity index (χ4n) is 2.91. The number of esters is 1. The van der Waals surface area contributed by atoms with Gasteiger partial charge in [-0.2, -0.15) is 13.2 Å². The predicted octanol–water partition coefficient (Wildman–Crippen LogP) is 4.26. The Morgan fingerprint density at radius 3 is 2.00 bits per heavy atom. The summed E-state index contributed by atoms with van der Waals surface area (Å²) in [6.07, 6.45) is -5.84. The molecule has 0 fully saturated rings. The van der Waals surface area contributed by atoms with E-state index in [0.717, 1.165) is 7.11 Å². The minimum absolute atomic E-state index is 0.437. The third-order valence-electron chi connectivity index (χ3n) is 4.28. The Hall–Kier alpha value is -2.83. The first-order valence-corrected chi connectivity index (χ1v) is 8.14. The molecule has 0 aliphatic carbocycles. The zero-order valence-corrected chi connectivity index (χ0v) is 14.8. The van der Waals surface area contributed by atoms with Gasteiger partial charge in [0.2, 0.25) is 5.78 Å². The van der Waals surface area contributed by atoms with Crippen molar-refractivity contribution >= 4 is 11.8 Å². The molecule has 144 valence electrons. The molecule has 27 heavy (non-hydrogen) atoms. The van der Waals surface area contributed by atoms with E-state index >= 15 is 0 Å². The highest BCUT2D eigenvalue weighted by Gasteiger charge is 2.42. The number of hydrogen-bond acceptors (Lipinski definition) is 4. The zero-order valence-electron chi connectivity index (χ0n) is 14.8. The summed E-state index contributed by atoms with van der Waals surface area (Å²) in [5.74, 6) is -4.18. The minimum atomic E-state index is -4.98. The van der Waals surface area contributed by atoms with Crippen LogP contribution in [-0.4, -0.2) is 32.1 Å². The smallest absolute Gasteiger partial charge is 0.449 e. The number of ether oxygens (including phenoxy) is 2. The Morgan fingerprint density at radius 2 is 1.52 bits per heavy atom. The molecule has 2 atom stereocenters. The van der Waals surface area contributed by atoms with E-state index in [0.29, 0.717) is 16.9 Å². The zero-order chi connectivity index (χ0) is 20.0. The van der Waals surface area contributed by atoms with Gasteiger partial charge in [0.05, 0.1) is 20.1 Å². The molecule has 0 unspecified atom stereocenters. The lowest BCUT2D eigenvalue weighted by atomic mass is 9.78. The lowest BCUT2D eigenvalue weighted by Gasteiger charge is -2.26. The van der Waals surface area contributed by atoms with Gasteiger partial charge in [0, 0.05) is 12.3 Å². The van der Waals surface area contributed by atoms with Crippen LogP contribution in [0.25, 0.3) is 0 Å². The Bertz CT molecular complexity index is 770. The van der Waals surface area contributed by atoms with Crippen molar-refractivity contribution in [1.29, 1.82) is 0 Å². The van der Waals surface area contributed by atoms with E-state index in [1.54, 1.807) is 54.6 Å². The number of halogens is 3. The first kappa shape index (κ1) is 20.5. The van der Waals surface area contributed by atoms with Crippen molar-refractivity contribution in [2.75, 3.05) is 14.2 Å². The largest absolute Gasteiger partial charge is 0.497 e. The lowest BCUT2D eigenvalue weighted by Crippen LogP contribution is -2.29. The molecule has 2 aromatic rings. The molecule has 2 aromatic carbocycles. The number of carbonyl (C=O) groups excluding carboxylic acids is 2. The third-order valence-corrected chi connectivity index (χ3v) is 4.28. The summed E-state index contributed by atoms with van der Waals surface area (Å²) in [5.41, 5.74) is 0.882. The van der Waals surface area contributed by atoms with Gasteiger partial charge in [0.15, 0.2) is 0 Å². The number of benzene rings is 2. The van der Waals surface area contributed by atoms with Gasteiger partial charge >= 0.3 is 12.1 Å². The van der Waals surface area contributed by atoms with Gasteiger partial charge in [-0.1, -0.05) is 42.5 Å². The molecule has 0 spiro atoms. The van der Waals surface area contributed by atoms with E-state index in [1.807, 2.05) is 0 Å². The molecule has 7 heteroatoms. The van der Waals surface area contributed by atoms with Crippen molar-refractivity contribution in [2.45, 2.75) is 24.4 Å². The maximum atomic E-state index is 12.9. The average molecular weight is 380 g/mol. The standard InChI is InChI=1S/C20H19F3O4/c1-26-15-10-8-14(9-11-15)18(19(25)27-2)16(12-17(24)20(21,22)23)13-6-4-3-5-7-13/h3-11,16,18H,12H2,1-2H3/t16-,18-/m0/s1.